The van der Waals surface area contributed by atoms with Crippen molar-refractivity contribution in [3.63, 3.8) is 0 Å². The van der Waals surface area contributed by atoms with Gasteiger partial charge in [0.1, 0.15) is 5.54 Å². The maximum absolute atomic E-state index is 11.6. The van der Waals surface area contributed by atoms with Crippen LogP contribution in [0, 0.1) is 5.92 Å². The highest BCUT2D eigenvalue weighted by molar-refractivity contribution is 5.90. The first kappa shape index (κ1) is 11.0. The third kappa shape index (κ3) is 2.45. The summed E-state index contributed by atoms with van der Waals surface area (Å²) in [6.45, 7) is 4.75. The lowest BCUT2D eigenvalue weighted by Gasteiger charge is -2.23. The summed E-state index contributed by atoms with van der Waals surface area (Å²) < 4.78 is 0. The van der Waals surface area contributed by atoms with Gasteiger partial charge >= 0.3 is 0 Å². The van der Waals surface area contributed by atoms with E-state index in [0.29, 0.717) is 6.54 Å². The van der Waals surface area contributed by atoms with Crippen molar-refractivity contribution < 1.29 is 9.59 Å². The molecular weight excluding hydrogens is 182 g/mol. The quantitative estimate of drug-likeness (QED) is 0.543. The van der Waals surface area contributed by atoms with E-state index in [2.05, 4.69) is 10.6 Å². The van der Waals surface area contributed by atoms with Crippen molar-refractivity contribution in [3.8, 4) is 0 Å². The van der Waals surface area contributed by atoms with E-state index >= 15 is 0 Å². The number of carbonyl (C=O) groups excluding carboxylic acids is 2. The molecule has 0 aromatic rings. The van der Waals surface area contributed by atoms with Gasteiger partial charge in [0.15, 0.2) is 0 Å². The Kier molecular flexibility index (Phi) is 3.10. The topological polar surface area (TPSA) is 84.2 Å². The molecule has 1 aliphatic heterocycles. The Hall–Kier alpha value is -1.10. The van der Waals surface area contributed by atoms with E-state index in [1.807, 2.05) is 0 Å². The van der Waals surface area contributed by atoms with Gasteiger partial charge in [-0.05, 0) is 26.8 Å². The molecule has 4 N–H and O–H groups in total. The summed E-state index contributed by atoms with van der Waals surface area (Å²) in [6, 6.07) is 0. The van der Waals surface area contributed by atoms with E-state index in [1.165, 1.54) is 0 Å². The highest BCUT2D eigenvalue weighted by Crippen LogP contribution is 2.10. The molecule has 0 spiro atoms. The fourth-order valence-corrected chi connectivity index (χ4v) is 1.35. The normalized spacial score (nSPS) is 22.0. The molecule has 1 atom stereocenters. The van der Waals surface area contributed by atoms with Crippen LogP contribution in [0.2, 0.25) is 0 Å². The van der Waals surface area contributed by atoms with E-state index < -0.39 is 11.4 Å². The number of nitrogens with one attached hydrogen (secondary N) is 2. The largest absolute Gasteiger partial charge is 0.368 e. The molecule has 1 aliphatic rings. The van der Waals surface area contributed by atoms with Crippen molar-refractivity contribution in [1.82, 2.24) is 10.6 Å². The smallest absolute Gasteiger partial charge is 0.242 e. The first-order valence-corrected chi connectivity index (χ1v) is 4.76. The maximum Gasteiger partial charge on any atom is 0.242 e. The van der Waals surface area contributed by atoms with Crippen molar-refractivity contribution in [1.29, 1.82) is 0 Å². The molecule has 2 amide bonds. The van der Waals surface area contributed by atoms with Crippen LogP contribution in [-0.4, -0.2) is 30.4 Å². The predicted molar refractivity (Wildman–Crippen MR) is 52.4 cm³/mol. The van der Waals surface area contributed by atoms with Crippen LogP contribution in [0.25, 0.3) is 0 Å². The van der Waals surface area contributed by atoms with Crippen LogP contribution in [0.5, 0.6) is 0 Å². The molecule has 1 unspecified atom stereocenters. The molecule has 14 heavy (non-hydrogen) atoms. The second-order valence-corrected chi connectivity index (χ2v) is 4.17. The molecule has 1 saturated heterocycles. The summed E-state index contributed by atoms with van der Waals surface area (Å²) >= 11 is 0. The zero-order valence-corrected chi connectivity index (χ0v) is 8.59. The highest BCUT2D eigenvalue weighted by Gasteiger charge is 2.31. The summed E-state index contributed by atoms with van der Waals surface area (Å²) in [4.78, 5) is 22.6. The van der Waals surface area contributed by atoms with Gasteiger partial charge in [0.2, 0.25) is 11.8 Å². The molecule has 1 rings (SSSR count). The minimum atomic E-state index is -0.959. The van der Waals surface area contributed by atoms with Crippen molar-refractivity contribution >= 4 is 11.8 Å². The summed E-state index contributed by atoms with van der Waals surface area (Å²) in [5, 5.41) is 5.74. The van der Waals surface area contributed by atoms with Gasteiger partial charge in [0.25, 0.3) is 0 Å². The van der Waals surface area contributed by atoms with E-state index in [9.17, 15) is 9.59 Å². The highest BCUT2D eigenvalue weighted by atomic mass is 16.2. The van der Waals surface area contributed by atoms with E-state index in [1.54, 1.807) is 13.8 Å². The zero-order valence-electron chi connectivity index (χ0n) is 8.59. The van der Waals surface area contributed by atoms with Gasteiger partial charge < -0.3 is 16.4 Å². The molecule has 0 saturated carbocycles. The number of nitrogens with two attached hydrogens (primary N) is 1. The van der Waals surface area contributed by atoms with Gasteiger partial charge in [-0.3, -0.25) is 9.59 Å². The third-order valence-corrected chi connectivity index (χ3v) is 2.48. The van der Waals surface area contributed by atoms with Crippen molar-refractivity contribution in [2.45, 2.75) is 25.8 Å². The van der Waals surface area contributed by atoms with Crippen molar-refractivity contribution in [3.05, 3.63) is 0 Å². The third-order valence-electron chi connectivity index (χ3n) is 2.48. The maximum atomic E-state index is 11.6. The van der Waals surface area contributed by atoms with Gasteiger partial charge in [-0.15, -0.1) is 0 Å². The fraction of sp³-hybridized carbons (Fsp3) is 0.778. The summed E-state index contributed by atoms with van der Waals surface area (Å²) in [7, 11) is 0. The minimum Gasteiger partial charge on any atom is -0.368 e. The monoisotopic (exact) mass is 199 g/mol. The van der Waals surface area contributed by atoms with E-state index in [4.69, 9.17) is 5.73 Å². The Bertz CT molecular complexity index is 244. The zero-order chi connectivity index (χ0) is 10.8. The Labute approximate surface area is 83.4 Å². The number of hydrogen-bond acceptors (Lipinski definition) is 3. The summed E-state index contributed by atoms with van der Waals surface area (Å²) in [5.41, 5.74) is 4.19. The number of hydrogen-bond donors (Lipinski definition) is 3. The molecule has 80 valence electrons. The van der Waals surface area contributed by atoms with Crippen LogP contribution in [0.1, 0.15) is 20.3 Å². The second-order valence-electron chi connectivity index (χ2n) is 4.17. The van der Waals surface area contributed by atoms with Crippen LogP contribution < -0.4 is 16.4 Å². The second kappa shape index (κ2) is 3.96. The van der Waals surface area contributed by atoms with Crippen LogP contribution in [0.3, 0.4) is 0 Å². The van der Waals surface area contributed by atoms with Gasteiger partial charge in [0, 0.05) is 6.54 Å². The molecule has 0 aliphatic carbocycles. The minimum absolute atomic E-state index is 0.0337. The molecule has 5 nitrogen and oxygen atoms in total. The summed E-state index contributed by atoms with van der Waals surface area (Å²) in [6.07, 6.45) is 0.820. The van der Waals surface area contributed by atoms with Gasteiger partial charge in [-0.25, -0.2) is 0 Å². The van der Waals surface area contributed by atoms with Crippen molar-refractivity contribution in [2.75, 3.05) is 13.1 Å². The Balaban J connectivity index is 2.51. The van der Waals surface area contributed by atoms with Gasteiger partial charge in [-0.2, -0.15) is 0 Å². The van der Waals surface area contributed by atoms with Crippen LogP contribution >= 0.6 is 0 Å². The molecule has 5 heteroatoms. The average Bonchev–Trinajstić information content (AvgIpc) is 2.54. The molecule has 1 heterocycles. The molecule has 1 fully saturated rings. The average molecular weight is 199 g/mol. The first-order valence-electron chi connectivity index (χ1n) is 4.76. The van der Waals surface area contributed by atoms with Crippen LogP contribution in [-0.2, 0) is 9.59 Å². The molecule has 0 aromatic heterocycles. The van der Waals surface area contributed by atoms with Gasteiger partial charge in [-0.1, -0.05) is 0 Å². The molecular formula is C9H17N3O2. The molecule has 0 bridgehead atoms. The lowest BCUT2D eigenvalue weighted by Crippen LogP contribution is -2.54. The lowest BCUT2D eigenvalue weighted by atomic mass is 10.0. The standard InChI is InChI=1S/C9H17N3O2/c1-9(2,8(10)14)12-7(13)6-3-4-11-5-6/h6,11H,3-5H2,1-2H3,(H2,10,14)(H,12,13). The predicted octanol–water partition coefficient (Wildman–Crippen LogP) is -1.02. The Morgan fingerprint density at radius 2 is 2.14 bits per heavy atom. The van der Waals surface area contributed by atoms with E-state index in [0.717, 1.165) is 13.0 Å². The number of carbonyl (C=O) groups is 2. The number of amides is 2. The van der Waals surface area contributed by atoms with E-state index in [-0.39, 0.29) is 11.8 Å². The Morgan fingerprint density at radius 1 is 1.50 bits per heavy atom. The Morgan fingerprint density at radius 3 is 2.57 bits per heavy atom. The number of rotatable bonds is 3. The van der Waals surface area contributed by atoms with Crippen LogP contribution in [0.4, 0.5) is 0 Å². The molecule has 0 radical (unpaired) electrons. The SMILES string of the molecule is CC(C)(NC(=O)C1CCNC1)C(N)=O. The van der Waals surface area contributed by atoms with Crippen molar-refractivity contribution in [2.24, 2.45) is 11.7 Å². The number of primary amides is 1. The van der Waals surface area contributed by atoms with Crippen LogP contribution in [0.15, 0.2) is 0 Å². The lowest BCUT2D eigenvalue weighted by molar-refractivity contribution is -0.132. The molecule has 0 aromatic carbocycles. The van der Waals surface area contributed by atoms with Gasteiger partial charge in [0.05, 0.1) is 5.92 Å². The summed E-state index contributed by atoms with van der Waals surface area (Å²) in [5.74, 6) is -0.649. The fourth-order valence-electron chi connectivity index (χ4n) is 1.35. The first-order chi connectivity index (χ1) is 6.43.